The number of amides is 1. The molecular weight excluding hydrogens is 240 g/mol. The highest BCUT2D eigenvalue weighted by Crippen LogP contribution is 2.25. The molecule has 1 heterocycles. The Bertz CT molecular complexity index is 448. The molecule has 1 N–H and O–H groups in total. The summed E-state index contributed by atoms with van der Waals surface area (Å²) in [5.41, 5.74) is 2.38. The predicted molar refractivity (Wildman–Crippen MR) is 75.0 cm³/mol. The Balaban J connectivity index is 2.16. The van der Waals surface area contributed by atoms with E-state index in [1.165, 1.54) is 5.56 Å². The zero-order chi connectivity index (χ0) is 13.8. The third-order valence-electron chi connectivity index (χ3n) is 3.81. The van der Waals surface area contributed by atoms with Crippen molar-refractivity contribution >= 4 is 5.91 Å². The molecule has 0 bridgehead atoms. The van der Waals surface area contributed by atoms with Gasteiger partial charge in [-0.05, 0) is 18.1 Å². The molecule has 2 atom stereocenters. The third-order valence-corrected chi connectivity index (χ3v) is 3.81. The highest BCUT2D eigenvalue weighted by atomic mass is 16.5. The molecule has 2 unspecified atom stereocenters. The largest absolute Gasteiger partial charge is 0.383 e. The third kappa shape index (κ3) is 2.96. The molecule has 4 nitrogen and oxygen atoms in total. The van der Waals surface area contributed by atoms with Crippen LogP contribution in [0.25, 0.3) is 0 Å². The van der Waals surface area contributed by atoms with E-state index >= 15 is 0 Å². The van der Waals surface area contributed by atoms with Crippen LogP contribution >= 0.6 is 0 Å². The second-order valence-electron chi connectivity index (χ2n) is 5.14. The first kappa shape index (κ1) is 14.0. The zero-order valence-corrected chi connectivity index (χ0v) is 11.8. The molecule has 0 saturated heterocycles. The van der Waals surface area contributed by atoms with E-state index in [-0.39, 0.29) is 17.9 Å². The van der Waals surface area contributed by atoms with Crippen molar-refractivity contribution in [2.75, 3.05) is 27.3 Å². The summed E-state index contributed by atoms with van der Waals surface area (Å²) in [5.74, 6) is 0.0680. The summed E-state index contributed by atoms with van der Waals surface area (Å²) in [7, 11) is 3.51. The Hall–Kier alpha value is -1.39. The van der Waals surface area contributed by atoms with Crippen LogP contribution in [0.4, 0.5) is 0 Å². The highest BCUT2D eigenvalue weighted by molar-refractivity contribution is 5.84. The van der Waals surface area contributed by atoms with Crippen LogP contribution in [-0.2, 0) is 16.1 Å². The SMILES string of the molecule is COCC(C)N(C)C(=O)C1CNCc2ccccc21. The molecule has 104 valence electrons. The molecule has 1 amide bonds. The van der Waals surface area contributed by atoms with Gasteiger partial charge in [-0.1, -0.05) is 24.3 Å². The van der Waals surface area contributed by atoms with E-state index in [9.17, 15) is 4.79 Å². The van der Waals surface area contributed by atoms with E-state index in [2.05, 4.69) is 17.4 Å². The van der Waals surface area contributed by atoms with E-state index < -0.39 is 0 Å². The van der Waals surface area contributed by atoms with Crippen molar-refractivity contribution in [2.45, 2.75) is 25.4 Å². The van der Waals surface area contributed by atoms with Crippen molar-refractivity contribution in [3.05, 3.63) is 35.4 Å². The number of methoxy groups -OCH3 is 1. The molecule has 0 radical (unpaired) electrons. The lowest BCUT2D eigenvalue weighted by Gasteiger charge is -2.32. The van der Waals surface area contributed by atoms with Gasteiger partial charge in [-0.25, -0.2) is 0 Å². The lowest BCUT2D eigenvalue weighted by molar-refractivity contribution is -0.134. The molecule has 0 aromatic heterocycles. The molecule has 1 aliphatic heterocycles. The minimum atomic E-state index is -0.0887. The number of rotatable bonds is 4. The van der Waals surface area contributed by atoms with Crippen molar-refractivity contribution in [3.8, 4) is 0 Å². The predicted octanol–water partition coefficient (Wildman–Crippen LogP) is 1.37. The fraction of sp³-hybridized carbons (Fsp3) is 0.533. The molecule has 0 aliphatic carbocycles. The van der Waals surface area contributed by atoms with E-state index in [0.717, 1.165) is 12.1 Å². The van der Waals surface area contributed by atoms with Crippen molar-refractivity contribution in [2.24, 2.45) is 0 Å². The van der Waals surface area contributed by atoms with Gasteiger partial charge in [0.2, 0.25) is 5.91 Å². The summed E-state index contributed by atoms with van der Waals surface area (Å²) in [5, 5.41) is 3.32. The van der Waals surface area contributed by atoms with Gasteiger partial charge in [-0.15, -0.1) is 0 Å². The molecule has 2 rings (SSSR count). The zero-order valence-electron chi connectivity index (χ0n) is 11.8. The Kier molecular flexibility index (Phi) is 4.56. The van der Waals surface area contributed by atoms with E-state index in [0.29, 0.717) is 13.2 Å². The Morgan fingerprint density at radius 3 is 3.00 bits per heavy atom. The number of likely N-dealkylation sites (N-methyl/N-ethyl adjacent to an activating group) is 1. The number of nitrogens with one attached hydrogen (secondary N) is 1. The maximum Gasteiger partial charge on any atom is 0.231 e. The molecule has 19 heavy (non-hydrogen) atoms. The van der Waals surface area contributed by atoms with Crippen LogP contribution in [0.3, 0.4) is 0 Å². The minimum absolute atomic E-state index is 0.0887. The van der Waals surface area contributed by atoms with Crippen LogP contribution in [0.2, 0.25) is 0 Å². The first-order chi connectivity index (χ1) is 9.15. The molecule has 1 aliphatic rings. The normalized spacial score (nSPS) is 19.6. The minimum Gasteiger partial charge on any atom is -0.383 e. The van der Waals surface area contributed by atoms with Gasteiger partial charge in [0, 0.05) is 27.2 Å². The molecule has 1 aromatic rings. The summed E-state index contributed by atoms with van der Waals surface area (Å²) in [6, 6.07) is 8.26. The van der Waals surface area contributed by atoms with Gasteiger partial charge in [0.1, 0.15) is 0 Å². The van der Waals surface area contributed by atoms with Gasteiger partial charge in [-0.3, -0.25) is 4.79 Å². The fourth-order valence-corrected chi connectivity index (χ4v) is 2.53. The molecule has 4 heteroatoms. The van der Waals surface area contributed by atoms with E-state index in [1.807, 2.05) is 26.1 Å². The number of fused-ring (bicyclic) bond motifs is 1. The number of hydrogen-bond donors (Lipinski definition) is 1. The number of carbonyl (C=O) groups excluding carboxylic acids is 1. The van der Waals surface area contributed by atoms with Gasteiger partial charge in [0.25, 0.3) is 0 Å². The Morgan fingerprint density at radius 1 is 1.53 bits per heavy atom. The first-order valence-electron chi connectivity index (χ1n) is 6.69. The van der Waals surface area contributed by atoms with Crippen LogP contribution in [0.15, 0.2) is 24.3 Å². The monoisotopic (exact) mass is 262 g/mol. The Morgan fingerprint density at radius 2 is 2.26 bits per heavy atom. The van der Waals surface area contributed by atoms with Crippen molar-refractivity contribution in [1.29, 1.82) is 0 Å². The molecule has 0 spiro atoms. The number of carbonyl (C=O) groups is 1. The molecule has 0 saturated carbocycles. The van der Waals surface area contributed by atoms with Crippen molar-refractivity contribution in [3.63, 3.8) is 0 Å². The average Bonchev–Trinajstić information content (AvgIpc) is 2.45. The van der Waals surface area contributed by atoms with Crippen molar-refractivity contribution in [1.82, 2.24) is 10.2 Å². The van der Waals surface area contributed by atoms with Crippen LogP contribution in [0.1, 0.15) is 24.0 Å². The number of ether oxygens (including phenoxy) is 1. The quantitative estimate of drug-likeness (QED) is 0.891. The number of benzene rings is 1. The summed E-state index contributed by atoms with van der Waals surface area (Å²) in [6.07, 6.45) is 0. The number of hydrogen-bond acceptors (Lipinski definition) is 3. The maximum absolute atomic E-state index is 12.6. The van der Waals surface area contributed by atoms with Gasteiger partial charge in [-0.2, -0.15) is 0 Å². The van der Waals surface area contributed by atoms with Crippen LogP contribution < -0.4 is 5.32 Å². The summed E-state index contributed by atoms with van der Waals surface area (Å²) in [6.45, 7) is 4.12. The van der Waals surface area contributed by atoms with Gasteiger partial charge in [0.15, 0.2) is 0 Å². The average molecular weight is 262 g/mol. The van der Waals surface area contributed by atoms with Gasteiger partial charge >= 0.3 is 0 Å². The standard InChI is InChI=1S/C15H22N2O2/c1-11(10-19-3)17(2)15(18)14-9-16-8-12-6-4-5-7-13(12)14/h4-7,11,14,16H,8-10H2,1-3H3. The van der Waals surface area contributed by atoms with Gasteiger partial charge in [0.05, 0.1) is 18.6 Å². The van der Waals surface area contributed by atoms with Crippen LogP contribution in [0.5, 0.6) is 0 Å². The molecule has 1 aromatic carbocycles. The van der Waals surface area contributed by atoms with E-state index in [4.69, 9.17) is 4.74 Å². The lowest BCUT2D eigenvalue weighted by atomic mass is 9.89. The molecule has 0 fully saturated rings. The van der Waals surface area contributed by atoms with Crippen molar-refractivity contribution < 1.29 is 9.53 Å². The fourth-order valence-electron chi connectivity index (χ4n) is 2.53. The summed E-state index contributed by atoms with van der Waals surface area (Å²) in [4.78, 5) is 14.4. The number of nitrogens with zero attached hydrogens (tertiary/aromatic N) is 1. The Labute approximate surface area is 114 Å². The molecular formula is C15H22N2O2. The topological polar surface area (TPSA) is 41.6 Å². The lowest BCUT2D eigenvalue weighted by Crippen LogP contribution is -2.44. The van der Waals surface area contributed by atoms with E-state index in [1.54, 1.807) is 12.0 Å². The first-order valence-corrected chi connectivity index (χ1v) is 6.69. The second-order valence-corrected chi connectivity index (χ2v) is 5.14. The highest BCUT2D eigenvalue weighted by Gasteiger charge is 2.29. The van der Waals surface area contributed by atoms with Crippen LogP contribution in [-0.4, -0.2) is 44.2 Å². The maximum atomic E-state index is 12.6. The second kappa shape index (κ2) is 6.17. The summed E-state index contributed by atoms with van der Waals surface area (Å²) >= 11 is 0. The van der Waals surface area contributed by atoms with Gasteiger partial charge < -0.3 is 15.0 Å². The smallest absolute Gasteiger partial charge is 0.231 e. The summed E-state index contributed by atoms with van der Waals surface area (Å²) < 4.78 is 5.12. The van der Waals surface area contributed by atoms with Crippen LogP contribution in [0, 0.1) is 0 Å².